The van der Waals surface area contributed by atoms with Gasteiger partial charge in [-0.05, 0) is 97.1 Å². The highest BCUT2D eigenvalue weighted by Gasteiger charge is 2.86. The lowest BCUT2D eigenvalue weighted by Crippen LogP contribution is -2.96. The van der Waals surface area contributed by atoms with Crippen LogP contribution < -0.4 is 41.5 Å². The average Bonchev–Trinajstić information content (AvgIpc) is 0.703. The Morgan fingerprint density at radius 1 is 0.155 bits per heavy atom. The lowest BCUT2D eigenvalue weighted by molar-refractivity contribution is -0.00296. The van der Waals surface area contributed by atoms with E-state index in [1.54, 1.807) is 194 Å². The van der Waals surface area contributed by atoms with Crippen LogP contribution in [-0.2, 0) is 49.4 Å². The number of hydrogen-bond donors (Lipinski definition) is 0. The minimum Gasteiger partial charge on any atom is -0.366 e. The molecular weight excluding hydrogens is 1190 g/mol. The van der Waals surface area contributed by atoms with Crippen molar-refractivity contribution in [1.29, 1.82) is 0 Å². The molecular formula is C64H40O12Si8. The van der Waals surface area contributed by atoms with Gasteiger partial charge in [0.05, 0.1) is 0 Å². The smallest absolute Gasteiger partial charge is 0.366 e. The molecule has 6 aliphatic rings. The first-order valence-corrected chi connectivity index (χ1v) is 39.6. The molecule has 6 fully saturated rings. The van der Waals surface area contributed by atoms with E-state index >= 15 is 0 Å². The fraction of sp³-hybridized carbons (Fsp3) is 0. The molecule has 6 aliphatic heterocycles. The van der Waals surface area contributed by atoms with Crippen molar-refractivity contribution in [3.63, 3.8) is 0 Å². The third kappa shape index (κ3) is 8.97. The predicted molar refractivity (Wildman–Crippen MR) is 331 cm³/mol. The summed E-state index contributed by atoms with van der Waals surface area (Å²) < 4.78 is 98.6. The highest BCUT2D eigenvalue weighted by molar-refractivity contribution is 7.14. The molecule has 84 heavy (non-hydrogen) atoms. The van der Waals surface area contributed by atoms with Gasteiger partial charge < -0.3 is 49.4 Å². The van der Waals surface area contributed by atoms with Crippen molar-refractivity contribution in [3.8, 4) is 98.8 Å². The van der Waals surface area contributed by atoms with E-state index in [4.69, 9.17) is 101 Å². The van der Waals surface area contributed by atoms with Gasteiger partial charge in [0.25, 0.3) is 0 Å². The molecule has 20 heteroatoms. The lowest BCUT2D eigenvalue weighted by atomic mass is 10.2. The van der Waals surface area contributed by atoms with Crippen LogP contribution in [-0.4, -0.2) is 70.4 Å². The van der Waals surface area contributed by atoms with Crippen molar-refractivity contribution >= 4 is 112 Å². The summed E-state index contributed by atoms with van der Waals surface area (Å²) in [5.41, 5.74) is 4.20. The molecule has 0 N–H and O–H groups in total. The van der Waals surface area contributed by atoms with E-state index in [-0.39, 0.29) is 0 Å². The molecule has 8 aromatic rings. The highest BCUT2D eigenvalue weighted by atomic mass is 28.6. The van der Waals surface area contributed by atoms with Gasteiger partial charge in [0.2, 0.25) is 0 Å². The summed E-state index contributed by atoms with van der Waals surface area (Å²) in [5.74, 6) is 21.8. The monoisotopic (exact) mass is 1220 g/mol. The van der Waals surface area contributed by atoms with Crippen LogP contribution in [0.3, 0.4) is 0 Å². The molecule has 12 nitrogen and oxygen atoms in total. The van der Waals surface area contributed by atoms with Crippen molar-refractivity contribution < 1.29 is 49.4 Å². The van der Waals surface area contributed by atoms with Crippen LogP contribution >= 0.6 is 0 Å². The average molecular weight is 1230 g/mol. The molecule has 400 valence electrons. The molecule has 6 heterocycles. The van der Waals surface area contributed by atoms with E-state index in [0.717, 1.165) is 0 Å². The first-order chi connectivity index (χ1) is 40.8. The van der Waals surface area contributed by atoms with Crippen molar-refractivity contribution in [2.45, 2.75) is 0 Å². The maximum absolute atomic E-state index is 8.21. The highest BCUT2D eigenvalue weighted by Crippen LogP contribution is 2.48. The second-order valence-corrected chi connectivity index (χ2v) is 42.8. The molecule has 8 aromatic carbocycles. The van der Waals surface area contributed by atoms with Gasteiger partial charge in [-0.15, -0.1) is 51.4 Å². The Balaban J connectivity index is 1.27. The molecule has 0 aliphatic carbocycles. The summed E-state index contributed by atoms with van der Waals surface area (Å²) in [4.78, 5) is 0. The summed E-state index contributed by atoms with van der Waals surface area (Å²) in [5, 5.41) is 2.68. The third-order valence-electron chi connectivity index (χ3n) is 14.5. The van der Waals surface area contributed by atoms with Gasteiger partial charge in [0.15, 0.2) is 0 Å². The molecule has 0 unspecified atom stereocenters. The Hall–Kier alpha value is -8.50. The summed E-state index contributed by atoms with van der Waals surface area (Å²) in [6, 6.07) is 55.8. The minimum absolute atomic E-state index is 0.335. The normalized spacial score (nSPS) is 28.7. The second-order valence-electron chi connectivity index (χ2n) is 19.4. The van der Waals surface area contributed by atoms with Gasteiger partial charge in [-0.2, -0.15) is 0 Å². The molecule has 6 saturated heterocycles. The summed E-state index contributed by atoms with van der Waals surface area (Å²) >= 11 is 0. The molecule has 0 spiro atoms. The fourth-order valence-corrected chi connectivity index (χ4v) is 56.1. The quantitative estimate of drug-likeness (QED) is 0.165. The summed E-state index contributed by atoms with van der Waals surface area (Å²) in [7, 11) is -41.4. The second kappa shape index (κ2) is 20.7. The summed E-state index contributed by atoms with van der Waals surface area (Å²) in [6.07, 6.45) is 48.6. The van der Waals surface area contributed by atoms with Gasteiger partial charge in [0.1, 0.15) is 0 Å². The van der Waals surface area contributed by atoms with E-state index in [9.17, 15) is 0 Å². The molecule has 0 atom stereocenters. The van der Waals surface area contributed by atoms with Crippen LogP contribution in [0.4, 0.5) is 0 Å². The van der Waals surface area contributed by atoms with Crippen molar-refractivity contribution in [3.05, 3.63) is 239 Å². The Bertz CT molecular complexity index is 3400. The number of hydrogen-bond acceptors (Lipinski definition) is 12. The van der Waals surface area contributed by atoms with E-state index in [2.05, 4.69) is 47.4 Å². The molecule has 0 radical (unpaired) electrons. The number of rotatable bonds is 8. The Morgan fingerprint density at radius 2 is 0.238 bits per heavy atom. The van der Waals surface area contributed by atoms with Crippen LogP contribution in [0.2, 0.25) is 0 Å². The topological polar surface area (TPSA) is 111 Å². The van der Waals surface area contributed by atoms with E-state index in [0.29, 0.717) is 86.0 Å². The van der Waals surface area contributed by atoms with E-state index < -0.39 is 70.4 Å². The zero-order valence-electron chi connectivity index (χ0n) is 44.0. The summed E-state index contributed by atoms with van der Waals surface area (Å²) in [6.45, 7) is 0. The van der Waals surface area contributed by atoms with Gasteiger partial charge in [-0.1, -0.05) is 144 Å². The van der Waals surface area contributed by atoms with Crippen molar-refractivity contribution in [2.24, 2.45) is 0 Å². The van der Waals surface area contributed by atoms with Crippen molar-refractivity contribution in [2.75, 3.05) is 0 Å². The third-order valence-corrected chi connectivity index (χ3v) is 48.6. The molecule has 0 amide bonds. The van der Waals surface area contributed by atoms with Crippen LogP contribution in [0.5, 0.6) is 0 Å². The van der Waals surface area contributed by atoms with E-state index in [1.165, 1.54) is 0 Å². The lowest BCUT2D eigenvalue weighted by Gasteiger charge is -2.62. The predicted octanol–water partition coefficient (Wildman–Crippen LogP) is 2.87. The number of terminal acetylenes is 8. The maximum atomic E-state index is 8.21. The fourth-order valence-electron chi connectivity index (χ4n) is 10.2. The Kier molecular flexibility index (Phi) is 13.5. The standard InChI is InChI=1S/C64H40O12Si8/c1-9-49-17-33-57(34-18-49)77-65-78(58-35-19-50(10-2)20-36-58)68-81(61-41-25-53(13-5)26-42-61)70-79(66-77,59-37-21-51(11-3)22-38-59)72-83(63-45-29-55(15-7)30-46-63)73-80(67-77,60-39-23-52(12-4)24-40-60)71-82(69-78,62-43-27-54(14-6)28-44-62)75-84(74-81,76-83)64-47-31-56(16-8)32-48-64/h1-8,17-48H. The van der Waals surface area contributed by atoms with Gasteiger partial charge >= 0.3 is 70.4 Å². The van der Waals surface area contributed by atoms with Gasteiger partial charge in [-0.25, -0.2) is 0 Å². The zero-order valence-corrected chi connectivity index (χ0v) is 52.0. The SMILES string of the molecule is C#Cc1ccc([Si]23O[Si]4(c5ccc(C#C)cc5)O[Si]5(c6ccc(C#C)cc6)O[Si](c6ccc(C#C)cc6)(O2)O[Si]2(c6ccc(C#C)cc6)O[Si](c6ccc(C#C)cc6)(O3)O[Si](c3ccc(C#C)cc3)(O4)O[Si](c3ccc(C#C)cc3)(O5)O2)cc1. The molecule has 8 bridgehead atoms. The van der Waals surface area contributed by atoms with Gasteiger partial charge in [-0.3, -0.25) is 0 Å². The Morgan fingerprint density at radius 3 is 0.310 bits per heavy atom. The first-order valence-electron chi connectivity index (χ1n) is 25.8. The minimum atomic E-state index is -5.18. The maximum Gasteiger partial charge on any atom is 0.515 e. The van der Waals surface area contributed by atoms with Crippen molar-refractivity contribution in [1.82, 2.24) is 0 Å². The number of benzene rings is 8. The molecule has 0 aromatic heterocycles. The van der Waals surface area contributed by atoms with Crippen LogP contribution in [0.15, 0.2) is 194 Å². The van der Waals surface area contributed by atoms with Crippen LogP contribution in [0, 0.1) is 98.8 Å². The zero-order chi connectivity index (χ0) is 58.0. The first kappa shape index (κ1) is 54.7. The largest absolute Gasteiger partial charge is 0.515 e. The Labute approximate surface area is 495 Å². The van der Waals surface area contributed by atoms with E-state index in [1.807, 2.05) is 0 Å². The van der Waals surface area contributed by atoms with Crippen LogP contribution in [0.1, 0.15) is 44.5 Å². The van der Waals surface area contributed by atoms with Gasteiger partial charge in [0, 0.05) is 86.0 Å². The molecule has 14 rings (SSSR count). The van der Waals surface area contributed by atoms with Crippen LogP contribution in [0.25, 0.3) is 0 Å². The molecule has 0 saturated carbocycles.